The maximum Gasteiger partial charge on any atom is 0.310 e. The number of allylic oxidation sites excluding steroid dienone is 1. The second-order valence-corrected chi connectivity index (χ2v) is 11.3. The Kier molecular flexibility index (Phi) is 12.0. The number of ether oxygens (including phenoxy) is 1. The van der Waals surface area contributed by atoms with Crippen molar-refractivity contribution in [3.63, 3.8) is 0 Å². The van der Waals surface area contributed by atoms with Crippen molar-refractivity contribution < 1.29 is 23.9 Å². The van der Waals surface area contributed by atoms with Gasteiger partial charge in [0.25, 0.3) is 11.8 Å². The molecule has 0 radical (unpaired) electrons. The third-order valence-electron chi connectivity index (χ3n) is 7.53. The molecular weight excluding hydrogens is 534 g/mol. The molecule has 0 bridgehead atoms. The first-order valence-electron chi connectivity index (χ1n) is 15.0. The molecule has 228 valence electrons. The monoisotopic (exact) mass is 579 g/mol. The highest BCUT2D eigenvalue weighted by Crippen LogP contribution is 2.21. The molecule has 4 atom stereocenters. The van der Waals surface area contributed by atoms with E-state index in [2.05, 4.69) is 40.8 Å². The molecule has 0 aliphatic carbocycles. The van der Waals surface area contributed by atoms with Crippen molar-refractivity contribution in [2.75, 3.05) is 6.54 Å². The minimum absolute atomic E-state index is 0.309. The molecular formula is C32H45N5O5. The summed E-state index contributed by atoms with van der Waals surface area (Å²) in [6.07, 6.45) is 8.58. The zero-order valence-corrected chi connectivity index (χ0v) is 25.4. The van der Waals surface area contributed by atoms with Gasteiger partial charge in [-0.25, -0.2) is 5.43 Å². The summed E-state index contributed by atoms with van der Waals surface area (Å²) in [6, 6.07) is 6.85. The van der Waals surface area contributed by atoms with Crippen LogP contribution >= 0.6 is 0 Å². The Balaban J connectivity index is 1.61. The summed E-state index contributed by atoms with van der Waals surface area (Å²) in [5, 5.41) is 6.19. The number of fused-ring (bicyclic) bond motifs is 1. The lowest BCUT2D eigenvalue weighted by Crippen LogP contribution is -2.60. The Morgan fingerprint density at radius 3 is 2.60 bits per heavy atom. The molecule has 42 heavy (non-hydrogen) atoms. The van der Waals surface area contributed by atoms with Gasteiger partial charge in [0.15, 0.2) is 6.10 Å². The first kappa shape index (κ1) is 32.7. The number of rotatable bonds is 13. The number of hydrogen-bond acceptors (Lipinski definition) is 7. The van der Waals surface area contributed by atoms with Gasteiger partial charge >= 0.3 is 5.97 Å². The van der Waals surface area contributed by atoms with Crippen LogP contribution in [0, 0.1) is 11.8 Å². The van der Waals surface area contributed by atoms with Gasteiger partial charge in [-0.1, -0.05) is 58.4 Å². The number of nitrogens with zero attached hydrogens (tertiary/aromatic N) is 2. The van der Waals surface area contributed by atoms with E-state index in [4.69, 9.17) is 10.5 Å². The lowest BCUT2D eigenvalue weighted by atomic mass is 9.98. The van der Waals surface area contributed by atoms with Crippen LogP contribution in [0.5, 0.6) is 0 Å². The molecule has 10 heteroatoms. The number of nitrogens with two attached hydrogens (primary N) is 1. The summed E-state index contributed by atoms with van der Waals surface area (Å²) in [5.41, 5.74) is 10.3. The molecule has 1 aromatic carbocycles. The van der Waals surface area contributed by atoms with Gasteiger partial charge in [-0.05, 0) is 68.0 Å². The minimum atomic E-state index is -1.06. The van der Waals surface area contributed by atoms with Crippen LogP contribution in [-0.4, -0.2) is 58.4 Å². The molecule has 4 unspecified atom stereocenters. The highest BCUT2D eigenvalue weighted by Gasteiger charge is 2.33. The third-order valence-corrected chi connectivity index (χ3v) is 7.53. The van der Waals surface area contributed by atoms with Gasteiger partial charge in [0.2, 0.25) is 5.91 Å². The number of primary amides is 1. The fraction of sp³-hybridized carbons (Fsp3) is 0.531. The van der Waals surface area contributed by atoms with Crippen molar-refractivity contribution in [3.8, 4) is 0 Å². The molecule has 2 aromatic rings. The molecule has 0 spiro atoms. The molecule has 1 aliphatic heterocycles. The minimum Gasteiger partial charge on any atom is -0.452 e. The Labute approximate surface area is 248 Å². The largest absolute Gasteiger partial charge is 0.452 e. The van der Waals surface area contributed by atoms with Gasteiger partial charge in [-0.3, -0.25) is 29.2 Å². The fourth-order valence-electron chi connectivity index (χ4n) is 5.01. The van der Waals surface area contributed by atoms with E-state index < -0.39 is 47.8 Å². The summed E-state index contributed by atoms with van der Waals surface area (Å²) in [7, 11) is 0. The number of aromatic nitrogens is 1. The normalized spacial score (nSPS) is 17.7. The van der Waals surface area contributed by atoms with Crippen LogP contribution in [0.4, 0.5) is 0 Å². The number of hydrogen-bond donors (Lipinski definition) is 3. The van der Waals surface area contributed by atoms with E-state index in [0.29, 0.717) is 32.2 Å². The second-order valence-electron chi connectivity index (χ2n) is 11.3. The van der Waals surface area contributed by atoms with Crippen LogP contribution in [-0.2, 0) is 30.3 Å². The second kappa shape index (κ2) is 15.4. The first-order valence-corrected chi connectivity index (χ1v) is 15.0. The van der Waals surface area contributed by atoms with Gasteiger partial charge in [0.05, 0.1) is 11.6 Å². The maximum absolute atomic E-state index is 13.2. The van der Waals surface area contributed by atoms with E-state index in [1.165, 1.54) is 10.6 Å². The Hall–Kier alpha value is -3.79. The van der Waals surface area contributed by atoms with E-state index in [-0.39, 0.29) is 5.92 Å². The highest BCUT2D eigenvalue weighted by atomic mass is 16.5. The number of amides is 3. The average molecular weight is 580 g/mol. The lowest BCUT2D eigenvalue weighted by Gasteiger charge is -2.34. The number of esters is 1. The topological polar surface area (TPSA) is 144 Å². The predicted octanol–water partition coefficient (Wildman–Crippen LogP) is 3.67. The Bertz CT molecular complexity index is 1290. The zero-order chi connectivity index (χ0) is 30.8. The molecule has 1 fully saturated rings. The molecule has 4 N–H and O–H groups in total. The smallest absolute Gasteiger partial charge is 0.310 e. The van der Waals surface area contributed by atoms with Crippen molar-refractivity contribution >= 4 is 40.5 Å². The summed E-state index contributed by atoms with van der Waals surface area (Å²) in [4.78, 5) is 55.4. The first-order chi connectivity index (χ1) is 20.0. The summed E-state index contributed by atoms with van der Waals surface area (Å²) < 4.78 is 5.75. The van der Waals surface area contributed by atoms with Crippen LogP contribution in [0.15, 0.2) is 36.5 Å². The highest BCUT2D eigenvalue weighted by molar-refractivity contribution is 5.91. The van der Waals surface area contributed by atoms with E-state index in [1.54, 1.807) is 20.8 Å². The molecule has 3 amide bonds. The van der Waals surface area contributed by atoms with Crippen LogP contribution < -0.4 is 16.5 Å². The van der Waals surface area contributed by atoms with E-state index in [9.17, 15) is 19.2 Å². The molecule has 3 rings (SSSR count). The lowest BCUT2D eigenvalue weighted by molar-refractivity contribution is -0.163. The molecule has 1 aliphatic rings. The van der Waals surface area contributed by atoms with Crippen molar-refractivity contribution in [1.82, 2.24) is 20.7 Å². The van der Waals surface area contributed by atoms with Gasteiger partial charge in [0, 0.05) is 18.1 Å². The SMILES string of the molecule is CCCC(C/C=C/c1cc2cc(CC)ccc2cn1)C(=O)OC(C(=O)NC(C)C(=O)N1CCCC(C(N)=O)N1)C(C)C. The number of benzene rings is 1. The van der Waals surface area contributed by atoms with Gasteiger partial charge < -0.3 is 15.8 Å². The van der Waals surface area contributed by atoms with E-state index >= 15 is 0 Å². The Morgan fingerprint density at radius 1 is 1.17 bits per heavy atom. The van der Waals surface area contributed by atoms with Gasteiger partial charge in [-0.2, -0.15) is 0 Å². The van der Waals surface area contributed by atoms with Crippen molar-refractivity contribution in [3.05, 3.63) is 47.8 Å². The average Bonchev–Trinajstić information content (AvgIpc) is 2.98. The molecule has 0 saturated carbocycles. The zero-order valence-electron chi connectivity index (χ0n) is 25.4. The third kappa shape index (κ3) is 8.85. The molecule has 1 saturated heterocycles. The number of aryl methyl sites for hydroxylation is 1. The summed E-state index contributed by atoms with van der Waals surface area (Å²) in [6.45, 7) is 9.65. The molecule has 10 nitrogen and oxygen atoms in total. The van der Waals surface area contributed by atoms with Gasteiger partial charge in [0.1, 0.15) is 12.1 Å². The standard InChI is InChI=1S/C32H45N5O5/c1-6-10-23(11-8-12-26-18-25-17-22(7-2)14-15-24(25)19-34-26)32(41)42-28(20(3)4)30(39)35-21(5)31(40)37-16-9-13-27(36-37)29(33)38/h8,12,14-15,17-21,23,27-28,36H,6-7,9-11,13,16H2,1-5H3,(H2,33,38)(H,35,39)/b12-8+. The number of pyridine rings is 1. The van der Waals surface area contributed by atoms with Gasteiger partial charge in [-0.15, -0.1) is 0 Å². The maximum atomic E-state index is 13.2. The fourth-order valence-corrected chi connectivity index (χ4v) is 5.01. The quantitative estimate of drug-likeness (QED) is 0.307. The predicted molar refractivity (Wildman–Crippen MR) is 163 cm³/mol. The number of nitrogens with one attached hydrogen (secondary N) is 2. The van der Waals surface area contributed by atoms with E-state index in [0.717, 1.165) is 29.3 Å². The van der Waals surface area contributed by atoms with Crippen molar-refractivity contribution in [2.45, 2.75) is 91.3 Å². The summed E-state index contributed by atoms with van der Waals surface area (Å²) in [5.74, 6) is -2.65. The number of carbonyl (C=O) groups excluding carboxylic acids is 4. The number of hydrazine groups is 1. The van der Waals surface area contributed by atoms with Crippen molar-refractivity contribution in [1.29, 1.82) is 0 Å². The van der Waals surface area contributed by atoms with Crippen LogP contribution in [0.3, 0.4) is 0 Å². The van der Waals surface area contributed by atoms with Crippen LogP contribution in [0.1, 0.15) is 78.0 Å². The van der Waals surface area contributed by atoms with Crippen molar-refractivity contribution in [2.24, 2.45) is 17.6 Å². The Morgan fingerprint density at radius 2 is 1.93 bits per heavy atom. The number of carbonyl (C=O) groups is 4. The summed E-state index contributed by atoms with van der Waals surface area (Å²) >= 11 is 0. The molecule has 1 aromatic heterocycles. The van der Waals surface area contributed by atoms with E-state index in [1.807, 2.05) is 31.3 Å². The molecule has 2 heterocycles. The van der Waals surface area contributed by atoms with Crippen LogP contribution in [0.2, 0.25) is 0 Å². The van der Waals surface area contributed by atoms with Crippen LogP contribution in [0.25, 0.3) is 16.8 Å².